The molecule has 0 saturated carbocycles. The number of nitrogens with zero attached hydrogens (tertiary/aromatic N) is 4. The van der Waals surface area contributed by atoms with Crippen molar-refractivity contribution in [3.8, 4) is 11.1 Å². The Kier molecular flexibility index (Phi) is 21.8. The number of aryl methyl sites for hydroxylation is 2. The molecule has 2 aromatic carbocycles. The van der Waals surface area contributed by atoms with Gasteiger partial charge in [0.2, 0.25) is 5.91 Å². The molecule has 2 amide bonds. The van der Waals surface area contributed by atoms with Gasteiger partial charge in [-0.2, -0.15) is 0 Å². The normalized spacial score (nSPS) is 14.1. The van der Waals surface area contributed by atoms with E-state index in [1.54, 1.807) is 0 Å². The number of methoxy groups -OCH3 is 1. The fourth-order valence-electron chi connectivity index (χ4n) is 6.37. The number of carbonyl (C=O) groups excluding carboxylic acids is 3. The summed E-state index contributed by atoms with van der Waals surface area (Å²) in [4.78, 5) is 52.3. The van der Waals surface area contributed by atoms with Crippen LogP contribution in [0.15, 0.2) is 53.5 Å². The highest BCUT2D eigenvalue weighted by atomic mass is 35.5. The zero-order chi connectivity index (χ0) is 44.9. The lowest BCUT2D eigenvalue weighted by atomic mass is 9.99. The summed E-state index contributed by atoms with van der Waals surface area (Å²) in [6.07, 6.45) is -1.40. The predicted octanol–water partition coefficient (Wildman–Crippen LogP) is -0.124. The largest absolute Gasteiger partial charge is 0.467 e. The molecule has 0 unspecified atom stereocenters. The first kappa shape index (κ1) is 50.4. The highest BCUT2D eigenvalue weighted by molar-refractivity contribution is 6.31. The van der Waals surface area contributed by atoms with Gasteiger partial charge in [-0.3, -0.25) is 19.9 Å². The number of unbranched alkanes of at least 4 members (excludes halogenated alkanes) is 2. The lowest BCUT2D eigenvalue weighted by molar-refractivity contribution is -0.153. The molecule has 0 radical (unpaired) electrons. The molecule has 15 N–H and O–H groups in total. The van der Waals surface area contributed by atoms with E-state index in [4.69, 9.17) is 44.4 Å². The van der Waals surface area contributed by atoms with Crippen molar-refractivity contribution in [3.63, 3.8) is 0 Å². The number of aliphatic hydroxyl groups is 5. The summed E-state index contributed by atoms with van der Waals surface area (Å²) in [5.41, 5.74) is 26.7. The monoisotopic (exact) mass is 872 g/mol. The molecular weight excluding hydrogens is 812 g/mol. The summed E-state index contributed by atoms with van der Waals surface area (Å²) in [5.74, 6) is -1.79. The van der Waals surface area contributed by atoms with Crippen LogP contribution >= 0.6 is 11.6 Å². The van der Waals surface area contributed by atoms with Crippen molar-refractivity contribution in [1.82, 2.24) is 25.5 Å². The van der Waals surface area contributed by atoms with E-state index in [0.717, 1.165) is 41.5 Å². The van der Waals surface area contributed by atoms with Crippen LogP contribution in [-0.2, 0) is 27.2 Å². The summed E-state index contributed by atoms with van der Waals surface area (Å²) in [5, 5.41) is 53.9. The number of hydrogen-bond donors (Lipinski definition) is 11. The molecule has 0 fully saturated rings. The molecule has 0 saturated heterocycles. The van der Waals surface area contributed by atoms with Gasteiger partial charge >= 0.3 is 5.97 Å². The number of carbonyl (C=O) groups is 3. The van der Waals surface area contributed by atoms with Crippen LogP contribution in [0.1, 0.15) is 66.6 Å². The number of anilines is 2. The van der Waals surface area contributed by atoms with Crippen molar-refractivity contribution in [2.24, 2.45) is 16.5 Å². The minimum absolute atomic E-state index is 0.0827. The van der Waals surface area contributed by atoms with Gasteiger partial charge in [-0.1, -0.05) is 60.1 Å². The maximum Gasteiger partial charge on any atom is 0.328 e. The van der Waals surface area contributed by atoms with Gasteiger partial charge in [0, 0.05) is 26.1 Å². The van der Waals surface area contributed by atoms with Crippen molar-refractivity contribution in [1.29, 1.82) is 0 Å². The maximum atomic E-state index is 13.7. The van der Waals surface area contributed by atoms with Gasteiger partial charge in [0.05, 0.1) is 19.8 Å². The number of aliphatic hydroxyl groups excluding tert-OH is 5. The van der Waals surface area contributed by atoms with Gasteiger partial charge in [-0.25, -0.2) is 14.8 Å². The second-order valence-electron chi connectivity index (χ2n) is 14.5. The van der Waals surface area contributed by atoms with Gasteiger partial charge in [0.25, 0.3) is 5.91 Å². The molecule has 336 valence electrons. The standard InChI is InChI=1S/C41H61ClN10O9/c1-61-40(60)29(8-2-4-19-43)52(22-6-20-47-23-30(54)34(57)35(58)31(55)24-53)32(56)18-13-26-11-16-28(17-12-26)27-14-9-25(10-15-27)7-3-5-21-48-41(46)51-39(59)33-37(44)50-38(45)36(42)49-33/h9-12,14-17,29-31,34-35,47,53-55,57-58H,2-8,13,18-24,43H2,1H3,(H4,44,45,50)(H3,46,48,51,59)/t29-,30+,31-,34-,35-/m1/s1. The Morgan fingerprint density at radius 2 is 1.48 bits per heavy atom. The number of guanidine groups is 1. The van der Waals surface area contributed by atoms with Crippen LogP contribution in [0.3, 0.4) is 0 Å². The summed E-state index contributed by atoms with van der Waals surface area (Å²) in [6, 6.07) is 15.4. The molecule has 0 spiro atoms. The Hall–Kier alpha value is -4.99. The van der Waals surface area contributed by atoms with Crippen LogP contribution in [0.5, 0.6) is 0 Å². The van der Waals surface area contributed by atoms with Gasteiger partial charge < -0.3 is 63.4 Å². The molecule has 19 nitrogen and oxygen atoms in total. The van der Waals surface area contributed by atoms with Gasteiger partial charge in [-0.15, -0.1) is 0 Å². The van der Waals surface area contributed by atoms with Crippen LogP contribution in [0.4, 0.5) is 11.6 Å². The van der Waals surface area contributed by atoms with Crippen molar-refractivity contribution >= 4 is 47.0 Å². The number of rotatable bonds is 26. The first-order valence-corrected chi connectivity index (χ1v) is 20.6. The number of halogens is 1. The van der Waals surface area contributed by atoms with Crippen LogP contribution in [0.25, 0.3) is 11.1 Å². The number of nitrogens with one attached hydrogen (secondary N) is 2. The molecule has 0 aliphatic rings. The molecule has 20 heteroatoms. The number of aromatic nitrogens is 2. The number of aliphatic imine (C=N–C) groups is 1. The van der Waals surface area contributed by atoms with Gasteiger partial charge in [0.15, 0.2) is 28.4 Å². The number of amides is 2. The molecule has 0 aliphatic heterocycles. The smallest absolute Gasteiger partial charge is 0.328 e. The second kappa shape index (κ2) is 26.4. The SMILES string of the molecule is COC(=O)[C@@H](CCCCN)N(CCCNC[C@H](O)[C@@H](O)[C@H](O)[C@H](O)CO)C(=O)CCc1ccc(-c2ccc(CCCCN=C(N)NC(=O)c3nc(Cl)c(N)nc3N)cc2)cc1. The molecule has 3 aromatic rings. The first-order chi connectivity index (χ1) is 29.2. The quantitative estimate of drug-likeness (QED) is 0.0217. The minimum atomic E-state index is -1.73. The summed E-state index contributed by atoms with van der Waals surface area (Å²) in [6.45, 7) is 0.451. The van der Waals surface area contributed by atoms with Crippen LogP contribution < -0.4 is 33.6 Å². The summed E-state index contributed by atoms with van der Waals surface area (Å²) in [7, 11) is 1.28. The van der Waals surface area contributed by atoms with Crippen LogP contribution in [0.2, 0.25) is 5.15 Å². The molecule has 3 rings (SSSR count). The lowest BCUT2D eigenvalue weighted by Crippen LogP contribution is -2.49. The zero-order valence-corrected chi connectivity index (χ0v) is 35.2. The molecule has 5 atom stereocenters. The van der Waals surface area contributed by atoms with Gasteiger partial charge in [0.1, 0.15) is 24.4 Å². The van der Waals surface area contributed by atoms with Crippen molar-refractivity contribution in [2.75, 3.05) is 57.9 Å². The topological polar surface area (TPSA) is 331 Å². The van der Waals surface area contributed by atoms with E-state index in [-0.39, 0.29) is 53.9 Å². The van der Waals surface area contributed by atoms with E-state index >= 15 is 0 Å². The molecule has 0 aliphatic carbocycles. The predicted molar refractivity (Wildman–Crippen MR) is 232 cm³/mol. The summed E-state index contributed by atoms with van der Waals surface area (Å²) < 4.78 is 5.07. The minimum Gasteiger partial charge on any atom is -0.467 e. The average molecular weight is 873 g/mol. The Morgan fingerprint density at radius 3 is 2.08 bits per heavy atom. The number of ether oxygens (including phenoxy) is 1. The van der Waals surface area contributed by atoms with Crippen molar-refractivity contribution < 1.29 is 44.7 Å². The third kappa shape index (κ3) is 16.4. The van der Waals surface area contributed by atoms with Crippen molar-refractivity contribution in [2.45, 2.75) is 88.2 Å². The molecular formula is C41H61ClN10O9. The fourth-order valence-corrected chi connectivity index (χ4v) is 6.50. The van der Waals surface area contributed by atoms with E-state index in [2.05, 4.69) is 49.9 Å². The number of benzene rings is 2. The molecule has 1 heterocycles. The fraction of sp³-hybridized carbons (Fsp3) is 0.512. The third-order valence-electron chi connectivity index (χ3n) is 9.92. The Bertz CT molecular complexity index is 1860. The van der Waals surface area contributed by atoms with E-state index in [9.17, 15) is 34.8 Å². The number of esters is 1. The Labute approximate surface area is 360 Å². The Balaban J connectivity index is 1.50. The maximum absolute atomic E-state index is 13.7. The average Bonchev–Trinajstić information content (AvgIpc) is 3.26. The van der Waals surface area contributed by atoms with E-state index in [1.165, 1.54) is 12.0 Å². The third-order valence-corrected chi connectivity index (χ3v) is 10.2. The van der Waals surface area contributed by atoms with Crippen molar-refractivity contribution in [3.05, 3.63) is 70.5 Å². The lowest BCUT2D eigenvalue weighted by Gasteiger charge is -2.30. The molecule has 61 heavy (non-hydrogen) atoms. The van der Waals surface area contributed by atoms with E-state index in [0.29, 0.717) is 51.7 Å². The zero-order valence-electron chi connectivity index (χ0n) is 34.5. The number of nitrogens with two attached hydrogens (primary N) is 4. The van der Waals surface area contributed by atoms with Gasteiger partial charge in [-0.05, 0) is 86.7 Å². The second-order valence-corrected chi connectivity index (χ2v) is 14.8. The number of hydrogen-bond acceptors (Lipinski definition) is 16. The highest BCUT2D eigenvalue weighted by Crippen LogP contribution is 2.23. The highest BCUT2D eigenvalue weighted by Gasteiger charge is 2.31. The first-order valence-electron chi connectivity index (χ1n) is 20.2. The number of nitrogen functional groups attached to an aromatic ring is 2. The van der Waals surface area contributed by atoms with E-state index in [1.807, 2.05) is 24.3 Å². The summed E-state index contributed by atoms with van der Waals surface area (Å²) >= 11 is 5.84. The van der Waals surface area contributed by atoms with Crippen LogP contribution in [-0.4, -0.2) is 141 Å². The van der Waals surface area contributed by atoms with E-state index < -0.39 is 48.9 Å². The van der Waals surface area contributed by atoms with Crippen LogP contribution in [0, 0.1) is 0 Å². The Morgan fingerprint density at radius 1 is 0.852 bits per heavy atom. The molecule has 0 bridgehead atoms. The molecule has 1 aromatic heterocycles.